The molecule has 1 aromatic carbocycles. The molecule has 1 aromatic heterocycles. The molecule has 0 saturated heterocycles. The van der Waals surface area contributed by atoms with E-state index in [2.05, 4.69) is 0 Å². The van der Waals surface area contributed by atoms with Gasteiger partial charge in [0.2, 0.25) is 0 Å². The fraction of sp³-hybridized carbons (Fsp3) is 0.0833. The number of benzene rings is 1. The van der Waals surface area contributed by atoms with Gasteiger partial charge >= 0.3 is 0 Å². The van der Waals surface area contributed by atoms with E-state index in [4.69, 9.17) is 0 Å². The van der Waals surface area contributed by atoms with Crippen LogP contribution in [0.1, 0.15) is 0 Å². The highest BCUT2D eigenvalue weighted by molar-refractivity contribution is 5.63. The van der Waals surface area contributed by atoms with Crippen LogP contribution in [-0.2, 0) is 7.05 Å². The first kappa shape index (κ1) is 10.3. The Morgan fingerprint density at radius 3 is 2.00 bits per heavy atom. The van der Waals surface area contributed by atoms with E-state index in [-0.39, 0.29) is 5.69 Å². The Bertz CT molecular complexity index is 504. The minimum Gasteiger partial charge on any atom is -0.258 e. The van der Waals surface area contributed by atoms with E-state index in [0.717, 1.165) is 11.1 Å². The van der Waals surface area contributed by atoms with Crippen molar-refractivity contribution in [2.45, 2.75) is 0 Å². The summed E-state index contributed by atoms with van der Waals surface area (Å²) in [5, 5.41) is 10.5. The second-order valence-corrected chi connectivity index (χ2v) is 3.56. The maximum atomic E-state index is 10.5. The number of nitrogens with zero attached hydrogens (tertiary/aromatic N) is 2. The molecule has 0 aliphatic carbocycles. The van der Waals surface area contributed by atoms with Crippen LogP contribution in [-0.4, -0.2) is 4.92 Å². The maximum Gasteiger partial charge on any atom is 0.269 e. The first-order valence-electron chi connectivity index (χ1n) is 4.87. The van der Waals surface area contributed by atoms with Crippen molar-refractivity contribution >= 4 is 5.69 Å². The first-order chi connectivity index (χ1) is 7.66. The third kappa shape index (κ3) is 2.06. The molecule has 0 N–H and O–H groups in total. The standard InChI is InChI=1S/C12H11N2O2/c1-13-8-6-11(7-9-13)10-2-4-12(5-3-10)14(15)16/h2-9H,1H3/q+1. The van der Waals surface area contributed by atoms with Crippen molar-refractivity contribution in [2.24, 2.45) is 7.05 Å². The van der Waals surface area contributed by atoms with Gasteiger partial charge in [-0.3, -0.25) is 10.1 Å². The smallest absolute Gasteiger partial charge is 0.258 e. The Labute approximate surface area is 92.9 Å². The van der Waals surface area contributed by atoms with Crippen molar-refractivity contribution in [3.05, 3.63) is 58.9 Å². The van der Waals surface area contributed by atoms with Crippen molar-refractivity contribution in [3.8, 4) is 11.1 Å². The van der Waals surface area contributed by atoms with Crippen molar-refractivity contribution < 1.29 is 9.49 Å². The normalized spacial score (nSPS) is 10.1. The lowest BCUT2D eigenvalue weighted by Gasteiger charge is -1.99. The summed E-state index contributed by atoms with van der Waals surface area (Å²) in [5.74, 6) is 0. The molecule has 4 heteroatoms. The Kier molecular flexibility index (Phi) is 2.64. The van der Waals surface area contributed by atoms with E-state index >= 15 is 0 Å². The minimum atomic E-state index is -0.394. The molecular weight excluding hydrogens is 204 g/mol. The zero-order chi connectivity index (χ0) is 11.5. The van der Waals surface area contributed by atoms with E-state index in [1.54, 1.807) is 12.1 Å². The Morgan fingerprint density at radius 2 is 1.50 bits per heavy atom. The molecule has 0 unspecified atom stereocenters. The number of aryl methyl sites for hydroxylation is 1. The molecular formula is C12H11N2O2+. The van der Waals surface area contributed by atoms with Gasteiger partial charge < -0.3 is 0 Å². The molecule has 0 aliphatic rings. The van der Waals surface area contributed by atoms with Crippen molar-refractivity contribution in [1.29, 1.82) is 0 Å². The SMILES string of the molecule is C[n+]1ccc(-c2ccc([N+](=O)[O-])cc2)cc1. The minimum absolute atomic E-state index is 0.116. The van der Waals surface area contributed by atoms with Crippen LogP contribution < -0.4 is 4.57 Å². The van der Waals surface area contributed by atoms with Crippen LogP contribution in [0.25, 0.3) is 11.1 Å². The van der Waals surface area contributed by atoms with Crippen LogP contribution in [0.5, 0.6) is 0 Å². The average molecular weight is 215 g/mol. The number of hydrogen-bond acceptors (Lipinski definition) is 2. The molecule has 0 radical (unpaired) electrons. The fourth-order valence-electron chi connectivity index (χ4n) is 1.47. The van der Waals surface area contributed by atoms with Crippen LogP contribution in [0.2, 0.25) is 0 Å². The molecule has 2 rings (SSSR count). The molecule has 4 nitrogen and oxygen atoms in total. The summed E-state index contributed by atoms with van der Waals surface area (Å²) in [5.41, 5.74) is 2.14. The molecule has 0 amide bonds. The van der Waals surface area contributed by atoms with E-state index < -0.39 is 4.92 Å². The van der Waals surface area contributed by atoms with Gasteiger partial charge in [-0.1, -0.05) is 0 Å². The Morgan fingerprint density at radius 1 is 1.00 bits per heavy atom. The molecule has 0 saturated carbocycles. The lowest BCUT2D eigenvalue weighted by molar-refractivity contribution is -0.671. The largest absolute Gasteiger partial charge is 0.269 e. The number of non-ortho nitro benzene ring substituents is 1. The van der Waals surface area contributed by atoms with Crippen LogP contribution in [0.15, 0.2) is 48.8 Å². The molecule has 0 fully saturated rings. The molecule has 0 atom stereocenters. The van der Waals surface area contributed by atoms with Gasteiger partial charge in [0.15, 0.2) is 12.4 Å². The molecule has 0 bridgehead atoms. The molecule has 1 heterocycles. The van der Waals surface area contributed by atoms with E-state index in [9.17, 15) is 10.1 Å². The van der Waals surface area contributed by atoms with E-state index in [1.165, 1.54) is 12.1 Å². The zero-order valence-corrected chi connectivity index (χ0v) is 8.83. The van der Waals surface area contributed by atoms with Gasteiger partial charge in [-0.2, -0.15) is 0 Å². The van der Waals surface area contributed by atoms with Gasteiger partial charge in [-0.25, -0.2) is 4.57 Å². The topological polar surface area (TPSA) is 47.0 Å². The number of hydrogen-bond donors (Lipinski definition) is 0. The maximum absolute atomic E-state index is 10.5. The predicted octanol–water partition coefficient (Wildman–Crippen LogP) is 2.09. The highest BCUT2D eigenvalue weighted by Crippen LogP contribution is 2.20. The number of nitro benzene ring substituents is 1. The third-order valence-corrected chi connectivity index (χ3v) is 2.39. The van der Waals surface area contributed by atoms with Crippen LogP contribution >= 0.6 is 0 Å². The zero-order valence-electron chi connectivity index (χ0n) is 8.83. The van der Waals surface area contributed by atoms with Gasteiger partial charge in [0.05, 0.1) is 4.92 Å². The quantitative estimate of drug-likeness (QED) is 0.437. The summed E-state index contributed by atoms with van der Waals surface area (Å²) < 4.78 is 1.94. The van der Waals surface area contributed by atoms with Gasteiger partial charge in [-0.15, -0.1) is 0 Å². The second-order valence-electron chi connectivity index (χ2n) is 3.56. The first-order valence-corrected chi connectivity index (χ1v) is 4.87. The van der Waals surface area contributed by atoms with Crippen molar-refractivity contribution in [3.63, 3.8) is 0 Å². The molecule has 0 spiro atoms. The Hall–Kier alpha value is -2.23. The summed E-state index contributed by atoms with van der Waals surface area (Å²) in [7, 11) is 1.94. The van der Waals surface area contributed by atoms with Gasteiger partial charge in [0.25, 0.3) is 5.69 Å². The fourth-order valence-corrected chi connectivity index (χ4v) is 1.47. The van der Waals surface area contributed by atoms with Gasteiger partial charge in [-0.05, 0) is 23.3 Å². The summed E-state index contributed by atoms with van der Waals surface area (Å²) >= 11 is 0. The van der Waals surface area contributed by atoms with Crippen LogP contribution in [0.3, 0.4) is 0 Å². The number of rotatable bonds is 2. The lowest BCUT2D eigenvalue weighted by atomic mass is 10.1. The lowest BCUT2D eigenvalue weighted by Crippen LogP contribution is -2.25. The predicted molar refractivity (Wildman–Crippen MR) is 59.7 cm³/mol. The number of aromatic nitrogens is 1. The van der Waals surface area contributed by atoms with Crippen molar-refractivity contribution in [2.75, 3.05) is 0 Å². The average Bonchev–Trinajstić information content (AvgIpc) is 2.30. The van der Waals surface area contributed by atoms with Crippen molar-refractivity contribution in [1.82, 2.24) is 0 Å². The monoisotopic (exact) mass is 215 g/mol. The van der Waals surface area contributed by atoms with Gasteiger partial charge in [0, 0.05) is 24.3 Å². The van der Waals surface area contributed by atoms with Gasteiger partial charge in [0.1, 0.15) is 7.05 Å². The third-order valence-electron chi connectivity index (χ3n) is 2.39. The summed E-state index contributed by atoms with van der Waals surface area (Å²) in [4.78, 5) is 10.1. The summed E-state index contributed by atoms with van der Waals surface area (Å²) in [6.07, 6.45) is 3.88. The van der Waals surface area contributed by atoms with Crippen LogP contribution in [0.4, 0.5) is 5.69 Å². The molecule has 80 valence electrons. The molecule has 2 aromatic rings. The number of nitro groups is 1. The van der Waals surface area contributed by atoms with E-state index in [1.807, 2.05) is 36.1 Å². The summed E-state index contributed by atoms with van der Waals surface area (Å²) in [6, 6.07) is 10.5. The number of pyridine rings is 1. The highest BCUT2D eigenvalue weighted by Gasteiger charge is 2.05. The molecule has 16 heavy (non-hydrogen) atoms. The molecule has 0 aliphatic heterocycles. The summed E-state index contributed by atoms with van der Waals surface area (Å²) in [6.45, 7) is 0. The highest BCUT2D eigenvalue weighted by atomic mass is 16.6. The Balaban J connectivity index is 2.34. The van der Waals surface area contributed by atoms with E-state index in [0.29, 0.717) is 0 Å². The van der Waals surface area contributed by atoms with Crippen LogP contribution in [0, 0.1) is 10.1 Å². The second kappa shape index (κ2) is 4.10.